The van der Waals surface area contributed by atoms with Crippen LogP contribution in [0.3, 0.4) is 0 Å². The van der Waals surface area contributed by atoms with Gasteiger partial charge in [0.2, 0.25) is 10.0 Å². The van der Waals surface area contributed by atoms with E-state index in [0.29, 0.717) is 22.8 Å². The molecule has 0 aliphatic carbocycles. The zero-order valence-electron chi connectivity index (χ0n) is 17.2. The monoisotopic (exact) mass is 454 g/mol. The van der Waals surface area contributed by atoms with Crippen LogP contribution in [0.15, 0.2) is 72.8 Å². The molecule has 0 saturated carbocycles. The van der Waals surface area contributed by atoms with Gasteiger partial charge in [0.1, 0.15) is 0 Å². The third-order valence-electron chi connectivity index (χ3n) is 5.40. The first-order valence-electron chi connectivity index (χ1n) is 10.0. The molecule has 4 rings (SSSR count). The minimum absolute atomic E-state index is 0.0812. The fourth-order valence-corrected chi connectivity index (χ4v) is 4.84. The van der Waals surface area contributed by atoms with E-state index in [1.165, 1.54) is 16.1 Å². The van der Waals surface area contributed by atoms with Crippen molar-refractivity contribution in [3.63, 3.8) is 0 Å². The molecule has 3 aromatic rings. The number of anilines is 2. The number of amides is 1. The van der Waals surface area contributed by atoms with Crippen LogP contribution in [0.2, 0.25) is 5.02 Å². The number of aryl methyl sites for hydroxylation is 1. The first-order valence-corrected chi connectivity index (χ1v) is 12.3. The highest BCUT2D eigenvalue weighted by atomic mass is 35.5. The Bertz CT molecular complexity index is 1190. The van der Waals surface area contributed by atoms with Gasteiger partial charge in [0.25, 0.3) is 5.91 Å². The van der Waals surface area contributed by atoms with Gasteiger partial charge < -0.3 is 4.90 Å². The molecule has 160 valence electrons. The molecule has 1 heterocycles. The molecule has 0 fully saturated rings. The maximum atomic E-state index is 13.1. The van der Waals surface area contributed by atoms with Crippen molar-refractivity contribution in [2.24, 2.45) is 0 Å². The van der Waals surface area contributed by atoms with Crippen LogP contribution in [0.25, 0.3) is 0 Å². The number of carbonyl (C=O) groups is 1. The number of rotatable bonds is 5. The summed E-state index contributed by atoms with van der Waals surface area (Å²) in [6.07, 6.45) is 3.06. The van der Waals surface area contributed by atoms with Gasteiger partial charge in [0.05, 0.1) is 18.5 Å². The zero-order valence-corrected chi connectivity index (χ0v) is 18.7. The van der Waals surface area contributed by atoms with Crippen molar-refractivity contribution in [3.8, 4) is 0 Å². The summed E-state index contributed by atoms with van der Waals surface area (Å²) < 4.78 is 26.2. The predicted molar refractivity (Wildman–Crippen MR) is 125 cm³/mol. The summed E-state index contributed by atoms with van der Waals surface area (Å²) >= 11 is 5.93. The second-order valence-electron chi connectivity index (χ2n) is 7.63. The molecule has 1 aliphatic rings. The number of sulfonamides is 1. The Hall–Kier alpha value is -2.83. The molecule has 0 N–H and O–H groups in total. The van der Waals surface area contributed by atoms with Crippen molar-refractivity contribution in [2.45, 2.75) is 19.4 Å². The molecule has 0 spiro atoms. The number of para-hydroxylation sites is 1. The Morgan fingerprint density at radius 2 is 1.68 bits per heavy atom. The summed E-state index contributed by atoms with van der Waals surface area (Å²) in [6.45, 7) is 0.854. The summed E-state index contributed by atoms with van der Waals surface area (Å²) in [6, 6.07) is 21.8. The number of hydrogen-bond acceptors (Lipinski definition) is 3. The van der Waals surface area contributed by atoms with Gasteiger partial charge in [0.15, 0.2) is 0 Å². The molecule has 3 aromatic carbocycles. The minimum atomic E-state index is -3.51. The van der Waals surface area contributed by atoms with E-state index in [2.05, 4.69) is 6.07 Å². The third-order valence-corrected chi connectivity index (χ3v) is 6.79. The number of fused-ring (bicyclic) bond motifs is 1. The Labute approximate surface area is 187 Å². The average Bonchev–Trinajstić information content (AvgIpc) is 2.77. The lowest BCUT2D eigenvalue weighted by Crippen LogP contribution is -2.35. The molecule has 0 radical (unpaired) electrons. The van der Waals surface area contributed by atoms with Crippen molar-refractivity contribution in [2.75, 3.05) is 22.0 Å². The SMILES string of the molecule is CS(=O)(=O)N(Cc1ccc(Cl)cc1)c1ccc(C(=O)N2CCCc3ccccc32)cc1. The van der Waals surface area contributed by atoms with Gasteiger partial charge in [-0.2, -0.15) is 0 Å². The Morgan fingerprint density at radius 3 is 2.35 bits per heavy atom. The van der Waals surface area contributed by atoms with Crippen molar-refractivity contribution < 1.29 is 13.2 Å². The Balaban J connectivity index is 1.59. The maximum Gasteiger partial charge on any atom is 0.258 e. The maximum absolute atomic E-state index is 13.1. The van der Waals surface area contributed by atoms with Crippen molar-refractivity contribution >= 4 is 38.9 Å². The lowest BCUT2D eigenvalue weighted by Gasteiger charge is -2.29. The molecule has 1 aliphatic heterocycles. The van der Waals surface area contributed by atoms with Crippen LogP contribution in [0.4, 0.5) is 11.4 Å². The number of hydrogen-bond donors (Lipinski definition) is 0. The van der Waals surface area contributed by atoms with Crippen LogP contribution in [0.1, 0.15) is 27.9 Å². The van der Waals surface area contributed by atoms with Crippen LogP contribution < -0.4 is 9.21 Å². The third kappa shape index (κ3) is 4.75. The molecule has 0 aromatic heterocycles. The molecular weight excluding hydrogens is 432 g/mol. The highest BCUT2D eigenvalue weighted by Gasteiger charge is 2.24. The van der Waals surface area contributed by atoms with Crippen LogP contribution in [-0.4, -0.2) is 27.1 Å². The lowest BCUT2D eigenvalue weighted by molar-refractivity contribution is 0.0985. The van der Waals surface area contributed by atoms with Gasteiger partial charge >= 0.3 is 0 Å². The normalized spacial score (nSPS) is 13.5. The molecule has 0 atom stereocenters. The molecule has 5 nitrogen and oxygen atoms in total. The standard InChI is InChI=1S/C24H23ClN2O3S/c1-31(29,30)27(17-18-8-12-21(25)13-9-18)22-14-10-20(11-15-22)24(28)26-16-4-6-19-5-2-3-7-23(19)26/h2-3,5,7-15H,4,6,16-17H2,1H3. The average molecular weight is 455 g/mol. The topological polar surface area (TPSA) is 57.7 Å². The van der Waals surface area contributed by atoms with Gasteiger partial charge in [-0.1, -0.05) is 41.9 Å². The molecule has 1 amide bonds. The Morgan fingerprint density at radius 1 is 1.00 bits per heavy atom. The van der Waals surface area contributed by atoms with E-state index < -0.39 is 10.0 Å². The summed E-state index contributed by atoms with van der Waals surface area (Å²) in [4.78, 5) is 14.9. The quantitative estimate of drug-likeness (QED) is 0.551. The molecule has 0 unspecified atom stereocenters. The van der Waals surface area contributed by atoms with Gasteiger partial charge in [0, 0.05) is 22.8 Å². The van der Waals surface area contributed by atoms with E-state index in [0.717, 1.165) is 24.1 Å². The van der Waals surface area contributed by atoms with Crippen LogP contribution >= 0.6 is 11.6 Å². The van der Waals surface area contributed by atoms with E-state index in [1.54, 1.807) is 53.4 Å². The fourth-order valence-electron chi connectivity index (χ4n) is 3.83. The number of benzene rings is 3. The second-order valence-corrected chi connectivity index (χ2v) is 9.98. The predicted octanol–water partition coefficient (Wildman–Crippen LogP) is 4.90. The molecule has 0 saturated heterocycles. The summed E-state index contributed by atoms with van der Waals surface area (Å²) in [5.74, 6) is -0.0812. The number of carbonyl (C=O) groups excluding carboxylic acids is 1. The van der Waals surface area contributed by atoms with E-state index >= 15 is 0 Å². The van der Waals surface area contributed by atoms with E-state index in [4.69, 9.17) is 11.6 Å². The summed E-state index contributed by atoms with van der Waals surface area (Å²) in [5.41, 5.74) is 3.97. The smallest absolute Gasteiger partial charge is 0.258 e. The minimum Gasteiger partial charge on any atom is -0.308 e. The van der Waals surface area contributed by atoms with Crippen LogP contribution in [-0.2, 0) is 23.0 Å². The first-order chi connectivity index (χ1) is 14.8. The molecular formula is C24H23ClN2O3S. The second kappa shape index (κ2) is 8.73. The van der Waals surface area contributed by atoms with Crippen LogP contribution in [0.5, 0.6) is 0 Å². The van der Waals surface area contributed by atoms with Gasteiger partial charge in [-0.05, 0) is 66.4 Å². The van der Waals surface area contributed by atoms with E-state index in [1.807, 2.05) is 18.2 Å². The fraction of sp³-hybridized carbons (Fsp3) is 0.208. The summed E-state index contributed by atoms with van der Waals surface area (Å²) in [7, 11) is -3.51. The van der Waals surface area contributed by atoms with Gasteiger partial charge in [-0.25, -0.2) is 8.42 Å². The molecule has 0 bridgehead atoms. The summed E-state index contributed by atoms with van der Waals surface area (Å²) in [5, 5.41) is 0.594. The Kier molecular flexibility index (Phi) is 6.03. The van der Waals surface area contributed by atoms with Crippen LogP contribution in [0, 0.1) is 0 Å². The zero-order chi connectivity index (χ0) is 22.0. The number of halogens is 1. The van der Waals surface area contributed by atoms with Crippen molar-refractivity contribution in [3.05, 3.63) is 94.5 Å². The molecule has 7 heteroatoms. The highest BCUT2D eigenvalue weighted by Crippen LogP contribution is 2.29. The first kappa shape index (κ1) is 21.4. The highest BCUT2D eigenvalue weighted by molar-refractivity contribution is 7.92. The van der Waals surface area contributed by atoms with Crippen molar-refractivity contribution in [1.29, 1.82) is 0 Å². The van der Waals surface area contributed by atoms with Crippen molar-refractivity contribution in [1.82, 2.24) is 0 Å². The lowest BCUT2D eigenvalue weighted by atomic mass is 10.0. The number of nitrogens with zero attached hydrogens (tertiary/aromatic N) is 2. The molecule has 31 heavy (non-hydrogen) atoms. The van der Waals surface area contributed by atoms with E-state index in [-0.39, 0.29) is 12.5 Å². The van der Waals surface area contributed by atoms with Gasteiger partial charge in [-0.3, -0.25) is 9.10 Å². The van der Waals surface area contributed by atoms with E-state index in [9.17, 15) is 13.2 Å². The van der Waals surface area contributed by atoms with Gasteiger partial charge in [-0.15, -0.1) is 0 Å². The largest absolute Gasteiger partial charge is 0.308 e.